The van der Waals surface area contributed by atoms with Crippen LogP contribution in [0, 0.1) is 6.92 Å². The first kappa shape index (κ1) is 18.2. The highest BCUT2D eigenvalue weighted by molar-refractivity contribution is 5.73. The number of fused-ring (bicyclic) bond motifs is 1. The zero-order valence-electron chi connectivity index (χ0n) is 16.4. The second kappa shape index (κ2) is 7.80. The van der Waals surface area contributed by atoms with Crippen LogP contribution in [0.15, 0.2) is 24.3 Å². The van der Waals surface area contributed by atoms with E-state index >= 15 is 0 Å². The number of hydrogen-bond donors (Lipinski definition) is 0. The monoisotopic (exact) mass is 367 g/mol. The molecule has 144 valence electrons. The predicted octanol–water partition coefficient (Wildman–Crippen LogP) is 2.72. The van der Waals surface area contributed by atoms with E-state index in [1.165, 1.54) is 24.0 Å². The number of hydrogen-bond acceptors (Lipinski definition) is 4. The third-order valence-electron chi connectivity index (χ3n) is 6.05. The van der Waals surface area contributed by atoms with Crippen molar-refractivity contribution >= 4 is 5.91 Å². The van der Waals surface area contributed by atoms with E-state index in [4.69, 9.17) is 0 Å². The molecule has 4 rings (SSSR count). The third kappa shape index (κ3) is 3.76. The molecule has 1 saturated heterocycles. The van der Waals surface area contributed by atoms with Gasteiger partial charge in [0.2, 0.25) is 5.91 Å². The standard InChI is InChI=1S/C21H29N5O/c1-16-7-3-4-8-18(16)15-25-11-6-5-9-19(25)21-23-22-20-10-12-24(17(2)27)13-14-26(20)21/h3-4,7-8,19H,5-6,9-15H2,1-2H3/t19-/m1/s1. The summed E-state index contributed by atoms with van der Waals surface area (Å²) in [6, 6.07) is 8.96. The number of amides is 1. The van der Waals surface area contributed by atoms with Crippen LogP contribution in [0.1, 0.15) is 55.0 Å². The highest BCUT2D eigenvalue weighted by Gasteiger charge is 2.30. The number of carbonyl (C=O) groups is 1. The van der Waals surface area contributed by atoms with Crippen molar-refractivity contribution < 1.29 is 4.79 Å². The summed E-state index contributed by atoms with van der Waals surface area (Å²) in [6.45, 7) is 8.18. The molecule has 1 fully saturated rings. The molecular formula is C21H29N5O. The van der Waals surface area contributed by atoms with Crippen molar-refractivity contribution in [3.63, 3.8) is 0 Å². The Morgan fingerprint density at radius 1 is 1.11 bits per heavy atom. The molecule has 0 radical (unpaired) electrons. The Hall–Kier alpha value is -2.21. The minimum Gasteiger partial charge on any atom is -0.341 e. The molecule has 1 aromatic heterocycles. The lowest BCUT2D eigenvalue weighted by atomic mass is 9.99. The van der Waals surface area contributed by atoms with E-state index in [0.29, 0.717) is 6.04 Å². The topological polar surface area (TPSA) is 54.3 Å². The summed E-state index contributed by atoms with van der Waals surface area (Å²) >= 11 is 0. The first-order valence-corrected chi connectivity index (χ1v) is 10.1. The zero-order valence-corrected chi connectivity index (χ0v) is 16.4. The molecule has 0 saturated carbocycles. The van der Waals surface area contributed by atoms with Crippen LogP contribution in [0.3, 0.4) is 0 Å². The summed E-state index contributed by atoms with van der Waals surface area (Å²) in [5.74, 6) is 2.26. The molecule has 6 nitrogen and oxygen atoms in total. The van der Waals surface area contributed by atoms with Crippen molar-refractivity contribution in [2.45, 2.75) is 58.7 Å². The third-order valence-corrected chi connectivity index (χ3v) is 6.05. The Morgan fingerprint density at radius 3 is 2.78 bits per heavy atom. The Labute approximate surface area is 161 Å². The van der Waals surface area contributed by atoms with Crippen LogP contribution in [-0.4, -0.2) is 50.1 Å². The van der Waals surface area contributed by atoms with Gasteiger partial charge in [0.05, 0.1) is 6.04 Å². The molecule has 2 aliphatic heterocycles. The summed E-state index contributed by atoms with van der Waals surface area (Å²) in [5, 5.41) is 9.11. The number of rotatable bonds is 3. The molecule has 0 N–H and O–H groups in total. The summed E-state index contributed by atoms with van der Waals surface area (Å²) in [7, 11) is 0. The fraction of sp³-hybridized carbons (Fsp3) is 0.571. The predicted molar refractivity (Wildman–Crippen MR) is 104 cm³/mol. The normalized spacial score (nSPS) is 21.0. The lowest BCUT2D eigenvalue weighted by Gasteiger charge is -2.35. The number of piperidine rings is 1. The van der Waals surface area contributed by atoms with Crippen molar-refractivity contribution in [1.29, 1.82) is 0 Å². The summed E-state index contributed by atoms with van der Waals surface area (Å²) in [6.07, 6.45) is 4.38. The minimum absolute atomic E-state index is 0.147. The second-order valence-electron chi connectivity index (χ2n) is 7.79. The van der Waals surface area contributed by atoms with E-state index in [1.54, 1.807) is 6.92 Å². The van der Waals surface area contributed by atoms with Crippen molar-refractivity contribution in [2.75, 3.05) is 19.6 Å². The quantitative estimate of drug-likeness (QED) is 0.837. The summed E-state index contributed by atoms with van der Waals surface area (Å²) < 4.78 is 2.28. The average Bonchev–Trinajstić information content (AvgIpc) is 2.94. The summed E-state index contributed by atoms with van der Waals surface area (Å²) in [5.41, 5.74) is 2.74. The number of nitrogens with zero attached hydrogens (tertiary/aromatic N) is 5. The fourth-order valence-electron chi connectivity index (χ4n) is 4.39. The van der Waals surface area contributed by atoms with Crippen LogP contribution in [0.5, 0.6) is 0 Å². The first-order chi connectivity index (χ1) is 13.1. The number of carbonyl (C=O) groups excluding carboxylic acids is 1. The minimum atomic E-state index is 0.147. The van der Waals surface area contributed by atoms with Crippen LogP contribution in [-0.2, 0) is 24.3 Å². The van der Waals surface area contributed by atoms with E-state index in [-0.39, 0.29) is 5.91 Å². The molecule has 27 heavy (non-hydrogen) atoms. The number of aryl methyl sites for hydroxylation is 1. The lowest BCUT2D eigenvalue weighted by molar-refractivity contribution is -0.128. The number of benzene rings is 1. The van der Waals surface area contributed by atoms with Gasteiger partial charge in [0.1, 0.15) is 11.6 Å². The van der Waals surface area contributed by atoms with Crippen molar-refractivity contribution in [3.05, 3.63) is 47.0 Å². The molecule has 3 heterocycles. The largest absolute Gasteiger partial charge is 0.341 e. The SMILES string of the molecule is CC(=O)N1CCc2nnc([C@H]3CCCCN3Cc3ccccc3C)n2CC1. The van der Waals surface area contributed by atoms with Crippen molar-refractivity contribution in [2.24, 2.45) is 0 Å². The highest BCUT2D eigenvalue weighted by Crippen LogP contribution is 2.32. The summed E-state index contributed by atoms with van der Waals surface area (Å²) in [4.78, 5) is 16.3. The molecule has 0 spiro atoms. The molecule has 6 heteroatoms. The molecule has 1 aromatic carbocycles. The van der Waals surface area contributed by atoms with E-state index in [0.717, 1.165) is 57.2 Å². The van der Waals surface area contributed by atoms with Crippen LogP contribution in [0.4, 0.5) is 0 Å². The first-order valence-electron chi connectivity index (χ1n) is 10.1. The number of likely N-dealkylation sites (tertiary alicyclic amines) is 1. The van der Waals surface area contributed by atoms with Gasteiger partial charge in [-0.05, 0) is 37.4 Å². The van der Waals surface area contributed by atoms with Crippen LogP contribution >= 0.6 is 0 Å². The highest BCUT2D eigenvalue weighted by atomic mass is 16.2. The van der Waals surface area contributed by atoms with E-state index < -0.39 is 0 Å². The number of aromatic nitrogens is 3. The van der Waals surface area contributed by atoms with Gasteiger partial charge in [0.25, 0.3) is 0 Å². The van der Waals surface area contributed by atoms with Gasteiger partial charge in [0, 0.05) is 39.5 Å². The van der Waals surface area contributed by atoms with Gasteiger partial charge in [-0.2, -0.15) is 0 Å². The Balaban J connectivity index is 1.58. The Bertz CT molecular complexity index is 815. The van der Waals surface area contributed by atoms with Crippen LogP contribution < -0.4 is 0 Å². The molecular weight excluding hydrogens is 338 g/mol. The van der Waals surface area contributed by atoms with E-state index in [1.807, 2.05) is 4.90 Å². The molecule has 0 aliphatic carbocycles. The van der Waals surface area contributed by atoms with Gasteiger partial charge in [-0.15, -0.1) is 10.2 Å². The van der Waals surface area contributed by atoms with Gasteiger partial charge >= 0.3 is 0 Å². The lowest BCUT2D eigenvalue weighted by Crippen LogP contribution is -2.35. The van der Waals surface area contributed by atoms with E-state index in [2.05, 4.69) is 50.9 Å². The molecule has 1 atom stereocenters. The molecule has 2 aromatic rings. The van der Waals surface area contributed by atoms with Gasteiger partial charge in [-0.3, -0.25) is 9.69 Å². The fourth-order valence-corrected chi connectivity index (χ4v) is 4.39. The Kier molecular flexibility index (Phi) is 5.25. The maximum Gasteiger partial charge on any atom is 0.219 e. The van der Waals surface area contributed by atoms with Gasteiger partial charge < -0.3 is 9.47 Å². The molecule has 0 unspecified atom stereocenters. The van der Waals surface area contributed by atoms with Gasteiger partial charge in [-0.1, -0.05) is 30.7 Å². The van der Waals surface area contributed by atoms with Gasteiger partial charge in [-0.25, -0.2) is 0 Å². The zero-order chi connectivity index (χ0) is 18.8. The molecule has 0 bridgehead atoms. The molecule has 1 amide bonds. The maximum atomic E-state index is 11.8. The smallest absolute Gasteiger partial charge is 0.219 e. The Morgan fingerprint density at radius 2 is 1.96 bits per heavy atom. The van der Waals surface area contributed by atoms with Crippen molar-refractivity contribution in [1.82, 2.24) is 24.6 Å². The second-order valence-corrected chi connectivity index (χ2v) is 7.79. The van der Waals surface area contributed by atoms with Crippen molar-refractivity contribution in [3.8, 4) is 0 Å². The van der Waals surface area contributed by atoms with E-state index in [9.17, 15) is 4.79 Å². The van der Waals surface area contributed by atoms with Crippen LogP contribution in [0.25, 0.3) is 0 Å². The van der Waals surface area contributed by atoms with Crippen LogP contribution in [0.2, 0.25) is 0 Å². The average molecular weight is 367 g/mol. The maximum absolute atomic E-state index is 11.8. The molecule has 2 aliphatic rings. The van der Waals surface area contributed by atoms with Gasteiger partial charge in [0.15, 0.2) is 0 Å².